The Labute approximate surface area is 198 Å². The van der Waals surface area contributed by atoms with Gasteiger partial charge in [-0.05, 0) is 83.8 Å². The molecule has 3 nitrogen and oxygen atoms in total. The van der Waals surface area contributed by atoms with Crippen LogP contribution in [0.25, 0.3) is 0 Å². The monoisotopic (exact) mass is 439 g/mol. The van der Waals surface area contributed by atoms with Crippen LogP contribution < -0.4 is 0 Å². The van der Waals surface area contributed by atoms with Gasteiger partial charge in [0, 0.05) is 37.3 Å². The minimum absolute atomic E-state index is 0. The van der Waals surface area contributed by atoms with Crippen LogP contribution in [0.2, 0.25) is 0 Å². The van der Waals surface area contributed by atoms with E-state index < -0.39 is 0 Å². The van der Waals surface area contributed by atoms with Crippen LogP contribution in [0, 0.1) is 16.7 Å². The normalized spacial score (nSPS) is 21.3. The Balaban J connectivity index is 0.00000291. The minimum Gasteiger partial charge on any atom is -0.304 e. The van der Waals surface area contributed by atoms with Gasteiger partial charge in [-0.1, -0.05) is 62.3 Å². The highest BCUT2D eigenvalue weighted by molar-refractivity contribution is 4.98. The summed E-state index contributed by atoms with van der Waals surface area (Å²) >= 11 is 0. The van der Waals surface area contributed by atoms with E-state index in [1.54, 1.807) is 0 Å². The maximum Gasteiger partial charge on any atom is 0.0171 e. The summed E-state index contributed by atoms with van der Waals surface area (Å²) in [6.07, 6.45) is 5.23. The van der Waals surface area contributed by atoms with Gasteiger partial charge >= 0.3 is 0 Å². The van der Waals surface area contributed by atoms with Gasteiger partial charge in [0.25, 0.3) is 0 Å². The summed E-state index contributed by atoms with van der Waals surface area (Å²) in [7, 11) is 2.25. The quantitative estimate of drug-likeness (QED) is 0.422. The molecule has 2 fully saturated rings. The Morgan fingerprint density at radius 3 is 1.45 bits per heavy atom. The van der Waals surface area contributed by atoms with Gasteiger partial charge in [0.05, 0.1) is 0 Å². The maximum atomic E-state index is 2.80. The van der Waals surface area contributed by atoms with Crippen LogP contribution in [0.1, 0.15) is 109 Å². The van der Waals surface area contributed by atoms with Crippen molar-refractivity contribution in [3.05, 3.63) is 0 Å². The number of piperazine rings is 1. The Bertz CT molecular complexity index is 490. The Kier molecular flexibility index (Phi) is 11.8. The van der Waals surface area contributed by atoms with Crippen molar-refractivity contribution in [2.24, 2.45) is 16.7 Å². The fourth-order valence-corrected chi connectivity index (χ4v) is 5.91. The Hall–Kier alpha value is -0.120. The molecule has 2 rings (SSSR count). The lowest BCUT2D eigenvalue weighted by molar-refractivity contribution is -0.0373. The lowest BCUT2D eigenvalue weighted by atomic mass is 9.58. The van der Waals surface area contributed by atoms with Gasteiger partial charge in [-0.25, -0.2) is 0 Å². The first-order valence-electron chi connectivity index (χ1n) is 12.9. The predicted octanol–water partition coefficient (Wildman–Crippen LogP) is 7.02. The predicted molar refractivity (Wildman–Crippen MR) is 142 cm³/mol. The number of nitrogens with zero attached hydrogens (tertiary/aromatic N) is 3. The van der Waals surface area contributed by atoms with Gasteiger partial charge in [-0.2, -0.15) is 0 Å². The third-order valence-electron chi connectivity index (χ3n) is 9.22. The summed E-state index contributed by atoms with van der Waals surface area (Å²) in [6.45, 7) is 33.7. The molecule has 0 aromatic heterocycles. The van der Waals surface area contributed by atoms with Crippen molar-refractivity contribution in [3.63, 3.8) is 0 Å². The average molecular weight is 440 g/mol. The summed E-state index contributed by atoms with van der Waals surface area (Å²) in [6, 6.07) is 0. The summed E-state index contributed by atoms with van der Waals surface area (Å²) in [5, 5.41) is 0. The van der Waals surface area contributed by atoms with Crippen LogP contribution in [0.4, 0.5) is 0 Å². The molecule has 0 N–H and O–H groups in total. The standard InChI is InChI=1S/C25H51N3.C2H6.CH4/c1-11-22(2,3)25(8,9)21-12-14-27(15-13-21)23(4,5)20-24(6,7)28-18-16-26(10)17-19-28;1-2;/h21H,11-20H2,1-10H3;1-2H3;1H4. The molecule has 0 aliphatic carbocycles. The molecule has 31 heavy (non-hydrogen) atoms. The molecule has 0 aromatic carbocycles. The molecule has 3 heteroatoms. The zero-order chi connectivity index (χ0) is 23.4. The number of likely N-dealkylation sites (N-methyl/N-ethyl adjacent to an activating group) is 1. The molecule has 0 saturated carbocycles. The summed E-state index contributed by atoms with van der Waals surface area (Å²) in [5.74, 6) is 0.847. The highest BCUT2D eigenvalue weighted by atomic mass is 15.3. The Morgan fingerprint density at radius 1 is 0.677 bits per heavy atom. The fourth-order valence-electron chi connectivity index (χ4n) is 5.91. The van der Waals surface area contributed by atoms with E-state index in [-0.39, 0.29) is 18.5 Å². The van der Waals surface area contributed by atoms with Gasteiger partial charge < -0.3 is 4.90 Å². The van der Waals surface area contributed by atoms with Gasteiger partial charge in [-0.15, -0.1) is 0 Å². The SMILES string of the molecule is C.CC.CCC(C)(C)C(C)(C)C1CCN(C(C)(C)CC(C)(C)N2CCN(C)CC2)CC1. The highest BCUT2D eigenvalue weighted by Gasteiger charge is 2.45. The molecule has 0 unspecified atom stereocenters. The zero-order valence-corrected chi connectivity index (χ0v) is 23.0. The van der Waals surface area contributed by atoms with E-state index in [0.29, 0.717) is 10.8 Å². The van der Waals surface area contributed by atoms with Crippen LogP contribution >= 0.6 is 0 Å². The van der Waals surface area contributed by atoms with Crippen molar-refractivity contribution in [3.8, 4) is 0 Å². The number of likely N-dealkylation sites (tertiary alicyclic amines) is 1. The van der Waals surface area contributed by atoms with Crippen molar-refractivity contribution < 1.29 is 0 Å². The number of hydrogen-bond acceptors (Lipinski definition) is 3. The van der Waals surface area contributed by atoms with Crippen molar-refractivity contribution in [1.29, 1.82) is 0 Å². The molecule has 0 aromatic rings. The van der Waals surface area contributed by atoms with E-state index in [0.717, 1.165) is 5.92 Å². The molecule has 0 amide bonds. The second-order valence-electron chi connectivity index (χ2n) is 12.3. The molecule has 0 atom stereocenters. The molecule has 2 aliphatic rings. The number of rotatable bonds is 7. The molecule has 0 radical (unpaired) electrons. The van der Waals surface area contributed by atoms with Gasteiger partial charge in [0.2, 0.25) is 0 Å². The summed E-state index contributed by atoms with van der Waals surface area (Å²) < 4.78 is 0. The largest absolute Gasteiger partial charge is 0.304 e. The van der Waals surface area contributed by atoms with Crippen molar-refractivity contribution in [2.45, 2.75) is 120 Å². The van der Waals surface area contributed by atoms with Crippen LogP contribution in [0.5, 0.6) is 0 Å². The van der Waals surface area contributed by atoms with E-state index in [9.17, 15) is 0 Å². The van der Waals surface area contributed by atoms with Crippen LogP contribution in [0.15, 0.2) is 0 Å². The highest BCUT2D eigenvalue weighted by Crippen LogP contribution is 2.50. The van der Waals surface area contributed by atoms with E-state index in [2.05, 4.69) is 84.1 Å². The van der Waals surface area contributed by atoms with E-state index in [1.807, 2.05) is 13.8 Å². The minimum atomic E-state index is 0. The lowest BCUT2D eigenvalue weighted by Crippen LogP contribution is -2.59. The smallest absolute Gasteiger partial charge is 0.0171 e. The third kappa shape index (κ3) is 7.44. The van der Waals surface area contributed by atoms with E-state index in [4.69, 9.17) is 0 Å². The average Bonchev–Trinajstić information content (AvgIpc) is 2.69. The maximum absolute atomic E-state index is 2.80. The fraction of sp³-hybridized carbons (Fsp3) is 1.00. The lowest BCUT2D eigenvalue weighted by Gasteiger charge is -2.53. The first-order chi connectivity index (χ1) is 13.7. The molecule has 2 aliphatic heterocycles. The topological polar surface area (TPSA) is 9.72 Å². The second-order valence-corrected chi connectivity index (χ2v) is 12.3. The van der Waals surface area contributed by atoms with E-state index >= 15 is 0 Å². The third-order valence-corrected chi connectivity index (χ3v) is 9.22. The van der Waals surface area contributed by atoms with Crippen molar-refractivity contribution in [1.82, 2.24) is 14.7 Å². The van der Waals surface area contributed by atoms with Crippen molar-refractivity contribution >= 4 is 0 Å². The summed E-state index contributed by atoms with van der Waals surface area (Å²) in [4.78, 5) is 7.99. The first-order valence-corrected chi connectivity index (χ1v) is 12.9. The zero-order valence-electron chi connectivity index (χ0n) is 23.0. The molecule has 2 heterocycles. The number of hydrogen-bond donors (Lipinski definition) is 0. The van der Waals surface area contributed by atoms with E-state index in [1.165, 1.54) is 65.0 Å². The van der Waals surface area contributed by atoms with Crippen molar-refractivity contribution in [2.75, 3.05) is 46.3 Å². The number of piperidine rings is 1. The van der Waals surface area contributed by atoms with Gasteiger partial charge in [0.1, 0.15) is 0 Å². The molecule has 0 spiro atoms. The molecule has 2 saturated heterocycles. The van der Waals surface area contributed by atoms with Crippen LogP contribution in [0.3, 0.4) is 0 Å². The molecule has 0 bridgehead atoms. The Morgan fingerprint density at radius 2 is 1.06 bits per heavy atom. The summed E-state index contributed by atoms with van der Waals surface area (Å²) in [5.41, 5.74) is 1.36. The second kappa shape index (κ2) is 11.8. The molecule has 188 valence electrons. The molecular formula is C28H61N3. The molecular weight excluding hydrogens is 378 g/mol. The van der Waals surface area contributed by atoms with Crippen LogP contribution in [-0.4, -0.2) is 72.1 Å². The van der Waals surface area contributed by atoms with Crippen LogP contribution in [-0.2, 0) is 0 Å². The first kappa shape index (κ1) is 30.9. The van der Waals surface area contributed by atoms with Gasteiger partial charge in [0.15, 0.2) is 0 Å². The van der Waals surface area contributed by atoms with Gasteiger partial charge in [-0.3, -0.25) is 9.80 Å².